The second kappa shape index (κ2) is 9.16. The smallest absolute Gasteiger partial charge is 0.253 e. The van der Waals surface area contributed by atoms with Gasteiger partial charge in [-0.2, -0.15) is 0 Å². The summed E-state index contributed by atoms with van der Waals surface area (Å²) in [4.78, 5) is 17.2. The molecular formula is C27H26ClFN2O2. The Morgan fingerprint density at radius 3 is 2.30 bits per heavy atom. The van der Waals surface area contributed by atoms with Crippen LogP contribution in [0.5, 0.6) is 11.5 Å². The number of benzene rings is 3. The second-order valence-electron chi connectivity index (χ2n) is 9.11. The Morgan fingerprint density at radius 2 is 1.61 bits per heavy atom. The van der Waals surface area contributed by atoms with E-state index in [1.165, 1.54) is 12.1 Å². The molecule has 2 aliphatic rings. The summed E-state index contributed by atoms with van der Waals surface area (Å²) in [5.74, 6) is 1.24. The Hall–Kier alpha value is -2.89. The summed E-state index contributed by atoms with van der Waals surface area (Å²) in [6, 6.07) is 21.2. The van der Waals surface area contributed by atoms with Crippen molar-refractivity contribution >= 4 is 17.5 Å². The molecule has 2 heterocycles. The number of carbonyl (C=O) groups excluding carboxylic acids is 1. The first-order valence-corrected chi connectivity index (χ1v) is 11.7. The van der Waals surface area contributed by atoms with E-state index in [-0.39, 0.29) is 11.7 Å². The molecule has 6 heteroatoms. The molecule has 4 nitrogen and oxygen atoms in total. The number of ether oxygens (including phenoxy) is 1. The third-order valence-electron chi connectivity index (χ3n) is 6.73. The molecule has 1 spiro atoms. The predicted octanol–water partition coefficient (Wildman–Crippen LogP) is 6.01. The fraction of sp³-hybridized carbons (Fsp3) is 0.296. The Kier molecular flexibility index (Phi) is 6.09. The molecule has 0 bridgehead atoms. The zero-order valence-corrected chi connectivity index (χ0v) is 19.1. The standard InChI is InChI=1S/C27H26ClFN2O2/c28-22-7-5-20(6-8-22)26(32)31-15-13-27(14-16-31)18-30(19-27)17-21-3-1-2-4-25(21)33-24-11-9-23(29)10-12-24/h1-12H,13-19H2. The Balaban J connectivity index is 1.15. The minimum atomic E-state index is -0.276. The summed E-state index contributed by atoms with van der Waals surface area (Å²) in [5, 5.41) is 0.642. The molecule has 5 rings (SSSR count). The van der Waals surface area contributed by atoms with Gasteiger partial charge in [-0.25, -0.2) is 4.39 Å². The summed E-state index contributed by atoms with van der Waals surface area (Å²) in [5.41, 5.74) is 2.11. The summed E-state index contributed by atoms with van der Waals surface area (Å²) in [6.07, 6.45) is 2.05. The molecule has 33 heavy (non-hydrogen) atoms. The van der Waals surface area contributed by atoms with Crippen molar-refractivity contribution in [2.24, 2.45) is 5.41 Å². The van der Waals surface area contributed by atoms with Crippen LogP contribution >= 0.6 is 11.6 Å². The number of para-hydroxylation sites is 1. The largest absolute Gasteiger partial charge is 0.457 e. The van der Waals surface area contributed by atoms with Crippen molar-refractivity contribution in [3.8, 4) is 11.5 Å². The van der Waals surface area contributed by atoms with Gasteiger partial charge in [0.15, 0.2) is 0 Å². The highest BCUT2D eigenvalue weighted by molar-refractivity contribution is 6.30. The average Bonchev–Trinajstić information content (AvgIpc) is 2.81. The number of rotatable bonds is 5. The van der Waals surface area contributed by atoms with E-state index in [9.17, 15) is 9.18 Å². The zero-order valence-electron chi connectivity index (χ0n) is 18.3. The minimum Gasteiger partial charge on any atom is -0.457 e. The number of carbonyl (C=O) groups is 1. The molecular weight excluding hydrogens is 439 g/mol. The van der Waals surface area contributed by atoms with Gasteiger partial charge in [0.2, 0.25) is 0 Å². The summed E-state index contributed by atoms with van der Waals surface area (Å²) >= 11 is 5.94. The molecule has 3 aromatic rings. The van der Waals surface area contributed by atoms with Crippen LogP contribution in [0.4, 0.5) is 4.39 Å². The van der Waals surface area contributed by atoms with Crippen molar-refractivity contribution in [3.63, 3.8) is 0 Å². The number of halogens is 2. The highest BCUT2D eigenvalue weighted by Crippen LogP contribution is 2.42. The molecule has 0 aliphatic carbocycles. The lowest BCUT2D eigenvalue weighted by Crippen LogP contribution is -2.60. The average molecular weight is 465 g/mol. The fourth-order valence-corrected chi connectivity index (χ4v) is 5.02. The van der Waals surface area contributed by atoms with Gasteiger partial charge >= 0.3 is 0 Å². The van der Waals surface area contributed by atoms with Crippen molar-refractivity contribution in [1.82, 2.24) is 9.80 Å². The maximum Gasteiger partial charge on any atom is 0.253 e. The third-order valence-corrected chi connectivity index (χ3v) is 6.98. The van der Waals surface area contributed by atoms with E-state index in [1.807, 2.05) is 23.1 Å². The fourth-order valence-electron chi connectivity index (χ4n) is 4.89. The lowest BCUT2D eigenvalue weighted by Gasteiger charge is -2.54. The van der Waals surface area contributed by atoms with E-state index >= 15 is 0 Å². The second-order valence-corrected chi connectivity index (χ2v) is 9.54. The molecule has 2 fully saturated rings. The molecule has 0 N–H and O–H groups in total. The molecule has 2 aliphatic heterocycles. The van der Waals surface area contributed by atoms with Crippen molar-refractivity contribution in [2.45, 2.75) is 19.4 Å². The molecule has 2 saturated heterocycles. The minimum absolute atomic E-state index is 0.0876. The van der Waals surface area contributed by atoms with E-state index in [0.29, 0.717) is 21.8 Å². The lowest BCUT2D eigenvalue weighted by atomic mass is 9.71. The molecule has 1 amide bonds. The Morgan fingerprint density at radius 1 is 0.939 bits per heavy atom. The van der Waals surface area contributed by atoms with Crippen LogP contribution in [-0.2, 0) is 6.54 Å². The number of likely N-dealkylation sites (tertiary alicyclic amines) is 2. The van der Waals surface area contributed by atoms with Crippen molar-refractivity contribution in [1.29, 1.82) is 0 Å². The van der Waals surface area contributed by atoms with Gasteiger partial charge in [-0.1, -0.05) is 29.8 Å². The van der Waals surface area contributed by atoms with E-state index in [0.717, 1.165) is 56.9 Å². The van der Waals surface area contributed by atoms with Gasteiger partial charge in [0, 0.05) is 48.9 Å². The zero-order chi connectivity index (χ0) is 22.8. The maximum atomic E-state index is 13.2. The van der Waals surface area contributed by atoms with Crippen molar-refractivity contribution in [2.75, 3.05) is 26.2 Å². The number of amides is 1. The number of hydrogen-bond donors (Lipinski definition) is 0. The first-order valence-electron chi connectivity index (χ1n) is 11.3. The van der Waals surface area contributed by atoms with Gasteiger partial charge in [0.05, 0.1) is 0 Å². The van der Waals surface area contributed by atoms with Crippen molar-refractivity contribution in [3.05, 3.63) is 94.8 Å². The molecule has 170 valence electrons. The van der Waals surface area contributed by atoms with Crippen LogP contribution < -0.4 is 4.74 Å². The van der Waals surface area contributed by atoms with Crippen LogP contribution in [0, 0.1) is 11.2 Å². The van der Waals surface area contributed by atoms with Gasteiger partial charge in [-0.05, 0) is 72.9 Å². The van der Waals surface area contributed by atoms with Crippen molar-refractivity contribution < 1.29 is 13.9 Å². The topological polar surface area (TPSA) is 32.8 Å². The van der Waals surface area contributed by atoms with Gasteiger partial charge < -0.3 is 9.64 Å². The third kappa shape index (κ3) is 4.90. The van der Waals surface area contributed by atoms with E-state index < -0.39 is 0 Å². The molecule has 3 aromatic carbocycles. The molecule has 0 unspecified atom stereocenters. The molecule has 0 aromatic heterocycles. The van der Waals surface area contributed by atoms with Gasteiger partial charge in [0.25, 0.3) is 5.91 Å². The van der Waals surface area contributed by atoms with E-state index in [1.54, 1.807) is 36.4 Å². The number of nitrogens with zero attached hydrogens (tertiary/aromatic N) is 2. The SMILES string of the molecule is O=C(c1ccc(Cl)cc1)N1CCC2(CC1)CN(Cc1ccccc1Oc1ccc(F)cc1)C2. The molecule has 0 radical (unpaired) electrons. The lowest BCUT2D eigenvalue weighted by molar-refractivity contribution is -0.0467. The quantitative estimate of drug-likeness (QED) is 0.463. The molecule has 0 atom stereocenters. The van der Waals surface area contributed by atoms with Crippen LogP contribution in [0.25, 0.3) is 0 Å². The summed E-state index contributed by atoms with van der Waals surface area (Å²) < 4.78 is 19.2. The first kappa shape index (κ1) is 21.9. The summed E-state index contributed by atoms with van der Waals surface area (Å²) in [6.45, 7) is 4.45. The summed E-state index contributed by atoms with van der Waals surface area (Å²) in [7, 11) is 0. The van der Waals surface area contributed by atoms with Crippen LogP contribution in [0.15, 0.2) is 72.8 Å². The maximum absolute atomic E-state index is 13.2. The van der Waals surface area contributed by atoms with Crippen LogP contribution in [-0.4, -0.2) is 41.9 Å². The van der Waals surface area contributed by atoms with Gasteiger partial charge in [-0.15, -0.1) is 0 Å². The van der Waals surface area contributed by atoms with E-state index in [2.05, 4.69) is 11.0 Å². The monoisotopic (exact) mass is 464 g/mol. The number of piperidine rings is 1. The number of hydrogen-bond acceptors (Lipinski definition) is 3. The normalized spacial score (nSPS) is 17.6. The predicted molar refractivity (Wildman–Crippen MR) is 127 cm³/mol. The van der Waals surface area contributed by atoms with Crippen LogP contribution in [0.3, 0.4) is 0 Å². The van der Waals surface area contributed by atoms with Crippen LogP contribution in [0.1, 0.15) is 28.8 Å². The highest BCUT2D eigenvalue weighted by atomic mass is 35.5. The highest BCUT2D eigenvalue weighted by Gasteiger charge is 2.45. The van der Waals surface area contributed by atoms with E-state index in [4.69, 9.17) is 16.3 Å². The Labute approximate surface area is 198 Å². The van der Waals surface area contributed by atoms with Gasteiger partial charge in [-0.3, -0.25) is 9.69 Å². The molecule has 0 saturated carbocycles. The Bertz CT molecular complexity index is 1120. The first-order chi connectivity index (χ1) is 16.0. The van der Waals surface area contributed by atoms with Gasteiger partial charge in [0.1, 0.15) is 17.3 Å². The van der Waals surface area contributed by atoms with Crippen LogP contribution in [0.2, 0.25) is 5.02 Å².